The molecule has 0 spiro atoms. The van der Waals surface area contributed by atoms with Gasteiger partial charge in [-0.2, -0.15) is 0 Å². The molecular formula is C14H24N2O6. The van der Waals surface area contributed by atoms with Crippen molar-refractivity contribution >= 4 is 23.4 Å². The Morgan fingerprint density at radius 2 is 1.82 bits per heavy atom. The summed E-state index contributed by atoms with van der Waals surface area (Å²) in [6.07, 6.45) is 1.18. The van der Waals surface area contributed by atoms with Crippen molar-refractivity contribution in [2.45, 2.75) is 51.6 Å². The molecule has 8 heteroatoms. The standard InChI is InChI=1S/C14H24N2O6/c1-3-4-5-12(19)11(8-17)16-14(22)9(2)15-7-10(18)6-13(20)21/h9,11,15,17H,3-8H2,1-2H3,(H,16,22)(H,20,21)/t9-,11+/m1/s1. The number of carbonyl (C=O) groups excluding carboxylic acids is 3. The number of ketones is 2. The van der Waals surface area contributed by atoms with Crippen LogP contribution in [0.15, 0.2) is 0 Å². The smallest absolute Gasteiger partial charge is 0.310 e. The van der Waals surface area contributed by atoms with Crippen LogP contribution in [-0.2, 0) is 19.2 Å². The summed E-state index contributed by atoms with van der Waals surface area (Å²) in [5.41, 5.74) is 0. The van der Waals surface area contributed by atoms with E-state index in [1.165, 1.54) is 6.92 Å². The quantitative estimate of drug-likeness (QED) is 0.348. The Kier molecular flexibility index (Phi) is 9.97. The van der Waals surface area contributed by atoms with Crippen LogP contribution in [0.4, 0.5) is 0 Å². The largest absolute Gasteiger partial charge is 0.481 e. The van der Waals surface area contributed by atoms with E-state index in [0.717, 1.165) is 6.42 Å². The Morgan fingerprint density at radius 1 is 1.18 bits per heavy atom. The molecule has 0 aromatic heterocycles. The van der Waals surface area contributed by atoms with E-state index in [1.54, 1.807) is 0 Å². The number of carboxylic acid groups (broad SMARTS) is 1. The van der Waals surface area contributed by atoms with Crippen molar-refractivity contribution in [1.82, 2.24) is 10.6 Å². The van der Waals surface area contributed by atoms with Crippen molar-refractivity contribution in [3.8, 4) is 0 Å². The molecule has 0 aliphatic rings. The van der Waals surface area contributed by atoms with Crippen LogP contribution >= 0.6 is 0 Å². The molecule has 0 radical (unpaired) electrons. The van der Waals surface area contributed by atoms with Crippen molar-refractivity contribution < 1.29 is 29.4 Å². The molecule has 2 atom stereocenters. The highest BCUT2D eigenvalue weighted by Gasteiger charge is 2.22. The van der Waals surface area contributed by atoms with Crippen LogP contribution in [0, 0.1) is 0 Å². The lowest BCUT2D eigenvalue weighted by Gasteiger charge is -2.19. The molecule has 0 saturated heterocycles. The van der Waals surface area contributed by atoms with Gasteiger partial charge < -0.3 is 15.5 Å². The number of unbranched alkanes of at least 4 members (excludes halogenated alkanes) is 1. The van der Waals surface area contributed by atoms with E-state index in [4.69, 9.17) is 10.2 Å². The minimum Gasteiger partial charge on any atom is -0.481 e. The highest BCUT2D eigenvalue weighted by Crippen LogP contribution is 2.00. The summed E-state index contributed by atoms with van der Waals surface area (Å²) in [7, 11) is 0. The molecule has 0 bridgehead atoms. The van der Waals surface area contributed by atoms with Crippen molar-refractivity contribution in [1.29, 1.82) is 0 Å². The summed E-state index contributed by atoms with van der Waals surface area (Å²) in [6, 6.07) is -1.75. The van der Waals surface area contributed by atoms with Gasteiger partial charge in [-0.1, -0.05) is 13.3 Å². The third-order valence-electron chi connectivity index (χ3n) is 3.01. The topological polar surface area (TPSA) is 133 Å². The first-order chi connectivity index (χ1) is 10.3. The predicted molar refractivity (Wildman–Crippen MR) is 78.3 cm³/mol. The van der Waals surface area contributed by atoms with Gasteiger partial charge in [0.25, 0.3) is 0 Å². The van der Waals surface area contributed by atoms with Crippen LogP contribution in [0.2, 0.25) is 0 Å². The Morgan fingerprint density at radius 3 is 2.32 bits per heavy atom. The molecule has 0 aliphatic carbocycles. The van der Waals surface area contributed by atoms with E-state index in [-0.39, 0.29) is 18.7 Å². The van der Waals surface area contributed by atoms with Gasteiger partial charge in [0.15, 0.2) is 11.6 Å². The zero-order valence-electron chi connectivity index (χ0n) is 12.9. The fourth-order valence-corrected chi connectivity index (χ4v) is 1.64. The fraction of sp³-hybridized carbons (Fsp3) is 0.714. The third-order valence-corrected chi connectivity index (χ3v) is 3.01. The number of aliphatic carboxylic acids is 1. The fourth-order valence-electron chi connectivity index (χ4n) is 1.64. The molecule has 0 saturated carbocycles. The van der Waals surface area contributed by atoms with Gasteiger partial charge in [-0.05, 0) is 13.3 Å². The molecule has 0 aliphatic heterocycles. The Hall–Kier alpha value is -1.80. The van der Waals surface area contributed by atoms with Gasteiger partial charge in [0.2, 0.25) is 5.91 Å². The highest BCUT2D eigenvalue weighted by atomic mass is 16.4. The molecule has 4 N–H and O–H groups in total. The van der Waals surface area contributed by atoms with Crippen molar-refractivity contribution in [3.05, 3.63) is 0 Å². The van der Waals surface area contributed by atoms with Gasteiger partial charge >= 0.3 is 5.97 Å². The highest BCUT2D eigenvalue weighted by molar-refractivity contribution is 5.96. The molecule has 0 fully saturated rings. The summed E-state index contributed by atoms with van der Waals surface area (Å²) in [4.78, 5) is 45.2. The summed E-state index contributed by atoms with van der Waals surface area (Å²) in [5, 5.41) is 22.6. The minimum atomic E-state index is -1.23. The summed E-state index contributed by atoms with van der Waals surface area (Å²) < 4.78 is 0. The number of amides is 1. The molecule has 22 heavy (non-hydrogen) atoms. The van der Waals surface area contributed by atoms with E-state index >= 15 is 0 Å². The van der Waals surface area contributed by atoms with E-state index in [2.05, 4.69) is 10.6 Å². The number of aliphatic hydroxyl groups excluding tert-OH is 1. The van der Waals surface area contributed by atoms with Gasteiger partial charge in [-0.15, -0.1) is 0 Å². The number of nitrogens with one attached hydrogen (secondary N) is 2. The van der Waals surface area contributed by atoms with Gasteiger partial charge in [0.1, 0.15) is 12.5 Å². The molecule has 0 unspecified atom stereocenters. The van der Waals surface area contributed by atoms with Crippen LogP contribution in [0.1, 0.15) is 39.5 Å². The monoisotopic (exact) mass is 316 g/mol. The predicted octanol–water partition coefficient (Wildman–Crippen LogP) is -0.755. The summed E-state index contributed by atoms with van der Waals surface area (Å²) in [6.45, 7) is 2.67. The number of hydrogen-bond donors (Lipinski definition) is 4. The number of rotatable bonds is 12. The van der Waals surface area contributed by atoms with Crippen LogP contribution in [-0.4, -0.2) is 58.9 Å². The summed E-state index contributed by atoms with van der Waals surface area (Å²) >= 11 is 0. The third kappa shape index (κ3) is 8.48. The first-order valence-electron chi connectivity index (χ1n) is 7.22. The van der Waals surface area contributed by atoms with Crippen LogP contribution < -0.4 is 10.6 Å². The van der Waals surface area contributed by atoms with Crippen molar-refractivity contribution in [3.63, 3.8) is 0 Å². The Bertz CT molecular complexity index is 410. The molecule has 126 valence electrons. The maximum atomic E-state index is 11.9. The average molecular weight is 316 g/mol. The number of aliphatic hydroxyl groups is 1. The average Bonchev–Trinajstić information content (AvgIpc) is 2.46. The normalized spacial score (nSPS) is 13.2. The molecule has 0 aromatic carbocycles. The molecule has 0 aromatic rings. The van der Waals surface area contributed by atoms with E-state index in [9.17, 15) is 19.2 Å². The lowest BCUT2D eigenvalue weighted by Crippen LogP contribution is -2.51. The molecule has 1 amide bonds. The Balaban J connectivity index is 4.28. The van der Waals surface area contributed by atoms with E-state index in [0.29, 0.717) is 6.42 Å². The van der Waals surface area contributed by atoms with E-state index in [1.807, 2.05) is 6.92 Å². The zero-order chi connectivity index (χ0) is 17.1. The van der Waals surface area contributed by atoms with Gasteiger partial charge in [0, 0.05) is 6.42 Å². The first kappa shape index (κ1) is 20.2. The molecule has 0 heterocycles. The maximum absolute atomic E-state index is 11.9. The van der Waals surface area contributed by atoms with Crippen LogP contribution in [0.25, 0.3) is 0 Å². The minimum absolute atomic E-state index is 0.244. The van der Waals surface area contributed by atoms with Crippen LogP contribution in [0.3, 0.4) is 0 Å². The number of carboxylic acids is 1. The molecular weight excluding hydrogens is 292 g/mol. The number of hydrogen-bond acceptors (Lipinski definition) is 6. The summed E-state index contributed by atoms with van der Waals surface area (Å²) in [5.74, 6) is -2.56. The van der Waals surface area contributed by atoms with Crippen molar-refractivity contribution in [2.75, 3.05) is 13.2 Å². The maximum Gasteiger partial charge on any atom is 0.310 e. The van der Waals surface area contributed by atoms with Gasteiger partial charge in [0.05, 0.1) is 19.2 Å². The van der Waals surface area contributed by atoms with Crippen molar-refractivity contribution in [2.24, 2.45) is 0 Å². The zero-order valence-corrected chi connectivity index (χ0v) is 12.9. The second kappa shape index (κ2) is 10.9. The SMILES string of the molecule is CCCCC(=O)[C@H](CO)NC(=O)[C@@H](C)NCC(=O)CC(=O)O. The number of Topliss-reactive ketones (excluding diaryl/α,β-unsaturated/α-hetero) is 2. The molecule has 8 nitrogen and oxygen atoms in total. The number of carbonyl (C=O) groups is 4. The van der Waals surface area contributed by atoms with E-state index < -0.39 is 42.8 Å². The second-order valence-electron chi connectivity index (χ2n) is 5.03. The lowest BCUT2D eigenvalue weighted by atomic mass is 10.1. The second-order valence-corrected chi connectivity index (χ2v) is 5.03. The molecule has 0 rings (SSSR count). The van der Waals surface area contributed by atoms with Gasteiger partial charge in [-0.3, -0.25) is 24.5 Å². The Labute approximate surface area is 129 Å². The van der Waals surface area contributed by atoms with Crippen LogP contribution in [0.5, 0.6) is 0 Å². The lowest BCUT2D eigenvalue weighted by molar-refractivity contribution is -0.140. The first-order valence-corrected chi connectivity index (χ1v) is 7.22. The van der Waals surface area contributed by atoms with Gasteiger partial charge in [-0.25, -0.2) is 0 Å².